The second kappa shape index (κ2) is 4.84. The van der Waals surface area contributed by atoms with Crippen molar-refractivity contribution in [2.24, 2.45) is 11.3 Å². The van der Waals surface area contributed by atoms with E-state index in [1.54, 1.807) is 0 Å². The SMILES string of the molecule is CC1(C2CCCC2)Cc2cc(S)c(Cl)c(Cl)c2C1O. The van der Waals surface area contributed by atoms with Crippen LogP contribution >= 0.6 is 35.8 Å². The van der Waals surface area contributed by atoms with Gasteiger partial charge in [0.2, 0.25) is 0 Å². The van der Waals surface area contributed by atoms with E-state index in [-0.39, 0.29) is 5.41 Å². The van der Waals surface area contributed by atoms with E-state index in [1.165, 1.54) is 25.7 Å². The summed E-state index contributed by atoms with van der Waals surface area (Å²) in [5.41, 5.74) is 1.84. The van der Waals surface area contributed by atoms with Gasteiger partial charge < -0.3 is 5.11 Å². The van der Waals surface area contributed by atoms with Crippen molar-refractivity contribution < 1.29 is 5.11 Å². The van der Waals surface area contributed by atoms with Crippen molar-refractivity contribution in [3.8, 4) is 0 Å². The van der Waals surface area contributed by atoms with Gasteiger partial charge in [-0.05, 0) is 36.8 Å². The number of hydrogen-bond acceptors (Lipinski definition) is 2. The first-order valence-electron chi connectivity index (χ1n) is 6.83. The molecule has 1 saturated carbocycles. The summed E-state index contributed by atoms with van der Waals surface area (Å²) < 4.78 is 0. The molecule has 2 aliphatic carbocycles. The fourth-order valence-electron chi connectivity index (χ4n) is 3.91. The van der Waals surface area contributed by atoms with E-state index < -0.39 is 6.10 Å². The van der Waals surface area contributed by atoms with Gasteiger partial charge in [0, 0.05) is 15.9 Å². The monoisotopic (exact) mass is 316 g/mol. The van der Waals surface area contributed by atoms with Crippen LogP contribution in [0.1, 0.15) is 49.8 Å². The quantitative estimate of drug-likeness (QED) is 0.693. The van der Waals surface area contributed by atoms with Gasteiger partial charge in [-0.2, -0.15) is 0 Å². The van der Waals surface area contributed by atoms with Crippen LogP contribution < -0.4 is 0 Å². The smallest absolute Gasteiger partial charge is 0.0867 e. The minimum absolute atomic E-state index is 0.104. The van der Waals surface area contributed by atoms with Gasteiger partial charge in [0.1, 0.15) is 0 Å². The molecule has 0 aromatic heterocycles. The van der Waals surface area contributed by atoms with Crippen LogP contribution in [-0.2, 0) is 6.42 Å². The zero-order valence-electron chi connectivity index (χ0n) is 10.9. The van der Waals surface area contributed by atoms with Gasteiger partial charge in [-0.25, -0.2) is 0 Å². The van der Waals surface area contributed by atoms with Crippen LogP contribution in [0.3, 0.4) is 0 Å². The van der Waals surface area contributed by atoms with E-state index in [9.17, 15) is 5.11 Å². The molecule has 0 spiro atoms. The lowest BCUT2D eigenvalue weighted by Crippen LogP contribution is -2.30. The highest BCUT2D eigenvalue weighted by Crippen LogP contribution is 2.57. The van der Waals surface area contributed by atoms with Crippen LogP contribution in [0, 0.1) is 11.3 Å². The summed E-state index contributed by atoms with van der Waals surface area (Å²) in [5.74, 6) is 0.577. The highest BCUT2D eigenvalue weighted by atomic mass is 35.5. The molecule has 1 aromatic carbocycles. The second-order valence-electron chi connectivity index (χ2n) is 6.16. The Balaban J connectivity index is 2.06. The summed E-state index contributed by atoms with van der Waals surface area (Å²) in [4.78, 5) is 0.702. The number of aliphatic hydroxyl groups excluding tert-OH is 1. The molecule has 0 aliphatic heterocycles. The van der Waals surface area contributed by atoms with Gasteiger partial charge in [-0.1, -0.05) is 43.0 Å². The van der Waals surface area contributed by atoms with E-state index in [0.717, 1.165) is 17.5 Å². The molecule has 19 heavy (non-hydrogen) atoms. The van der Waals surface area contributed by atoms with E-state index in [1.807, 2.05) is 6.07 Å². The standard InChI is InChI=1S/C15H18Cl2OS/c1-15(9-4-2-3-5-9)7-8-6-10(19)12(16)13(17)11(8)14(15)18/h6,9,14,18-19H,2-5,7H2,1H3. The zero-order chi connectivity index (χ0) is 13.8. The highest BCUT2D eigenvalue weighted by molar-refractivity contribution is 7.80. The fourth-order valence-corrected chi connectivity index (χ4v) is 4.73. The molecule has 0 heterocycles. The average Bonchev–Trinajstić information content (AvgIpc) is 2.96. The maximum atomic E-state index is 10.8. The first-order chi connectivity index (χ1) is 8.95. The van der Waals surface area contributed by atoms with Crippen LogP contribution in [0.25, 0.3) is 0 Å². The van der Waals surface area contributed by atoms with Crippen LogP contribution in [0.2, 0.25) is 10.0 Å². The Morgan fingerprint density at radius 3 is 2.53 bits per heavy atom. The summed E-state index contributed by atoms with van der Waals surface area (Å²) in [5, 5.41) is 11.7. The Bertz CT molecular complexity index is 525. The normalized spacial score (nSPS) is 30.9. The summed E-state index contributed by atoms with van der Waals surface area (Å²) >= 11 is 16.9. The van der Waals surface area contributed by atoms with Crippen molar-refractivity contribution in [1.82, 2.24) is 0 Å². The lowest BCUT2D eigenvalue weighted by atomic mass is 9.72. The van der Waals surface area contributed by atoms with Crippen molar-refractivity contribution in [1.29, 1.82) is 0 Å². The lowest BCUT2D eigenvalue weighted by Gasteiger charge is -2.35. The lowest BCUT2D eigenvalue weighted by molar-refractivity contribution is 0.00786. The predicted octanol–water partition coefficient (Wildman–Crippen LogP) is 5.07. The molecule has 0 bridgehead atoms. The summed E-state index contributed by atoms with van der Waals surface area (Å²) in [7, 11) is 0. The maximum absolute atomic E-state index is 10.8. The van der Waals surface area contributed by atoms with Crippen LogP contribution in [0.15, 0.2) is 11.0 Å². The largest absolute Gasteiger partial charge is 0.388 e. The molecule has 104 valence electrons. The van der Waals surface area contributed by atoms with Gasteiger partial charge >= 0.3 is 0 Å². The first-order valence-corrected chi connectivity index (χ1v) is 8.03. The Morgan fingerprint density at radius 1 is 1.26 bits per heavy atom. The van der Waals surface area contributed by atoms with Crippen molar-refractivity contribution in [2.75, 3.05) is 0 Å². The molecule has 1 N–H and O–H groups in total. The van der Waals surface area contributed by atoms with Crippen molar-refractivity contribution in [2.45, 2.75) is 50.0 Å². The molecule has 2 unspecified atom stereocenters. The number of hydrogen-bond donors (Lipinski definition) is 2. The van der Waals surface area contributed by atoms with Crippen LogP contribution in [0.5, 0.6) is 0 Å². The number of thiol groups is 1. The van der Waals surface area contributed by atoms with E-state index >= 15 is 0 Å². The van der Waals surface area contributed by atoms with Gasteiger partial charge in [-0.3, -0.25) is 0 Å². The third-order valence-electron chi connectivity index (χ3n) is 5.07. The van der Waals surface area contributed by atoms with Crippen molar-refractivity contribution >= 4 is 35.8 Å². The predicted molar refractivity (Wildman–Crippen MR) is 82.4 cm³/mol. The molecule has 0 amide bonds. The Morgan fingerprint density at radius 2 is 1.89 bits per heavy atom. The van der Waals surface area contributed by atoms with Crippen LogP contribution in [-0.4, -0.2) is 5.11 Å². The molecule has 1 nitrogen and oxygen atoms in total. The van der Waals surface area contributed by atoms with Gasteiger partial charge in [0.15, 0.2) is 0 Å². The molecule has 0 saturated heterocycles. The second-order valence-corrected chi connectivity index (χ2v) is 7.40. The third kappa shape index (κ3) is 2.03. The zero-order valence-corrected chi connectivity index (χ0v) is 13.3. The van der Waals surface area contributed by atoms with Gasteiger partial charge in [-0.15, -0.1) is 12.6 Å². The van der Waals surface area contributed by atoms with E-state index in [4.69, 9.17) is 23.2 Å². The van der Waals surface area contributed by atoms with E-state index in [0.29, 0.717) is 20.9 Å². The number of fused-ring (bicyclic) bond motifs is 1. The average molecular weight is 317 g/mol. The van der Waals surface area contributed by atoms with Gasteiger partial charge in [0.05, 0.1) is 16.1 Å². The van der Waals surface area contributed by atoms with Crippen LogP contribution in [0.4, 0.5) is 0 Å². The topological polar surface area (TPSA) is 20.2 Å². The number of benzene rings is 1. The molecule has 1 aromatic rings. The molecule has 2 atom stereocenters. The van der Waals surface area contributed by atoms with E-state index in [2.05, 4.69) is 19.6 Å². The van der Waals surface area contributed by atoms with Crippen molar-refractivity contribution in [3.05, 3.63) is 27.2 Å². The Hall–Kier alpha value is 0.110. The number of aliphatic hydroxyl groups is 1. The Labute approximate surface area is 129 Å². The summed E-state index contributed by atoms with van der Waals surface area (Å²) in [6.45, 7) is 2.19. The van der Waals surface area contributed by atoms with Crippen molar-refractivity contribution in [3.63, 3.8) is 0 Å². The molecule has 3 rings (SSSR count). The molecular weight excluding hydrogens is 299 g/mol. The first kappa shape index (κ1) is 14.1. The molecule has 2 aliphatic rings. The molecule has 0 radical (unpaired) electrons. The minimum atomic E-state index is -0.510. The summed E-state index contributed by atoms with van der Waals surface area (Å²) in [6.07, 6.45) is 5.33. The molecular formula is C15H18Cl2OS. The number of rotatable bonds is 1. The molecule has 1 fully saturated rings. The number of halogens is 2. The van der Waals surface area contributed by atoms with Gasteiger partial charge in [0.25, 0.3) is 0 Å². The third-order valence-corrected chi connectivity index (χ3v) is 6.43. The minimum Gasteiger partial charge on any atom is -0.388 e. The fraction of sp³-hybridized carbons (Fsp3) is 0.600. The highest BCUT2D eigenvalue weighted by Gasteiger charge is 2.48. The Kier molecular flexibility index (Phi) is 3.58. The molecule has 4 heteroatoms. The summed E-state index contributed by atoms with van der Waals surface area (Å²) in [6, 6.07) is 1.97. The maximum Gasteiger partial charge on any atom is 0.0867 e.